The number of rotatable bonds is 7. The molecule has 1 N–H and O–H groups in total. The molecule has 4 saturated carbocycles. The average Bonchev–Trinajstić information content (AvgIpc) is 2.81. The Kier molecular flexibility index (Phi) is 5.22. The van der Waals surface area contributed by atoms with Gasteiger partial charge in [-0.2, -0.15) is 0 Å². The van der Waals surface area contributed by atoms with Gasteiger partial charge in [0, 0.05) is 18.2 Å². The van der Waals surface area contributed by atoms with Gasteiger partial charge >= 0.3 is 0 Å². The zero-order valence-electron chi connectivity index (χ0n) is 19.2. The summed E-state index contributed by atoms with van der Waals surface area (Å²) in [7, 11) is 0. The lowest BCUT2D eigenvalue weighted by Gasteiger charge is -2.59. The molecular formula is C30H35NO. The molecule has 0 saturated heterocycles. The van der Waals surface area contributed by atoms with Crippen LogP contribution >= 0.6 is 0 Å². The maximum Gasteiger partial charge on any atom is 0.124 e. The molecular weight excluding hydrogens is 390 g/mol. The van der Waals surface area contributed by atoms with E-state index in [1.165, 1.54) is 60.4 Å². The lowest BCUT2D eigenvalue weighted by atomic mass is 9.48. The Bertz CT molecular complexity index is 1050. The molecule has 0 unspecified atom stereocenters. The Morgan fingerprint density at radius 2 is 1.50 bits per heavy atom. The Morgan fingerprint density at radius 3 is 2.22 bits per heavy atom. The van der Waals surface area contributed by atoms with Crippen molar-refractivity contribution in [2.45, 2.75) is 64.6 Å². The smallest absolute Gasteiger partial charge is 0.124 e. The van der Waals surface area contributed by atoms with Crippen molar-refractivity contribution in [2.75, 3.05) is 0 Å². The Balaban J connectivity index is 1.24. The molecule has 4 fully saturated rings. The van der Waals surface area contributed by atoms with Crippen LogP contribution in [-0.4, -0.2) is 6.04 Å². The molecule has 32 heavy (non-hydrogen) atoms. The van der Waals surface area contributed by atoms with Crippen LogP contribution in [0.5, 0.6) is 5.75 Å². The summed E-state index contributed by atoms with van der Waals surface area (Å²) in [6.45, 7) is 3.94. The van der Waals surface area contributed by atoms with Gasteiger partial charge in [0.2, 0.25) is 0 Å². The summed E-state index contributed by atoms with van der Waals surface area (Å²) in [6.07, 6.45) is 8.85. The van der Waals surface area contributed by atoms with Crippen molar-refractivity contribution < 1.29 is 4.74 Å². The molecule has 7 rings (SSSR count). The zero-order valence-corrected chi connectivity index (χ0v) is 19.2. The van der Waals surface area contributed by atoms with E-state index in [0.717, 1.165) is 30.0 Å². The van der Waals surface area contributed by atoms with Crippen molar-refractivity contribution >= 4 is 10.8 Å². The summed E-state index contributed by atoms with van der Waals surface area (Å²) in [4.78, 5) is 0. The van der Waals surface area contributed by atoms with E-state index in [4.69, 9.17) is 4.74 Å². The Labute approximate surface area is 192 Å². The Morgan fingerprint density at radius 1 is 0.844 bits per heavy atom. The van der Waals surface area contributed by atoms with Crippen LogP contribution in [0.15, 0.2) is 66.7 Å². The molecule has 0 aromatic heterocycles. The first-order chi connectivity index (χ1) is 15.7. The summed E-state index contributed by atoms with van der Waals surface area (Å²) in [6, 6.07) is 24.1. The molecule has 1 atom stereocenters. The monoisotopic (exact) mass is 425 g/mol. The second-order valence-electron chi connectivity index (χ2n) is 10.9. The van der Waals surface area contributed by atoms with Crippen LogP contribution in [0.4, 0.5) is 0 Å². The number of nitrogens with one attached hydrogen (secondary N) is 1. The highest BCUT2D eigenvalue weighted by molar-refractivity contribution is 5.87. The normalized spacial score (nSPS) is 29.3. The zero-order chi connectivity index (χ0) is 21.5. The van der Waals surface area contributed by atoms with E-state index in [2.05, 4.69) is 79.0 Å². The fraction of sp³-hybridized carbons (Fsp3) is 0.467. The van der Waals surface area contributed by atoms with E-state index in [-0.39, 0.29) is 0 Å². The van der Waals surface area contributed by atoms with E-state index in [1.807, 2.05) is 0 Å². The van der Waals surface area contributed by atoms with Gasteiger partial charge in [-0.3, -0.25) is 0 Å². The fourth-order valence-corrected chi connectivity index (χ4v) is 7.55. The minimum atomic E-state index is 0.518. The van der Waals surface area contributed by atoms with Crippen molar-refractivity contribution in [1.29, 1.82) is 0 Å². The quantitative estimate of drug-likeness (QED) is 0.435. The van der Waals surface area contributed by atoms with Gasteiger partial charge in [0.1, 0.15) is 12.4 Å². The number of ether oxygens (including phenoxy) is 1. The maximum atomic E-state index is 6.37. The molecule has 0 radical (unpaired) electrons. The third kappa shape index (κ3) is 3.73. The van der Waals surface area contributed by atoms with E-state index >= 15 is 0 Å². The van der Waals surface area contributed by atoms with Gasteiger partial charge in [-0.25, -0.2) is 0 Å². The van der Waals surface area contributed by atoms with Crippen LogP contribution in [0.2, 0.25) is 0 Å². The average molecular weight is 426 g/mol. The van der Waals surface area contributed by atoms with Gasteiger partial charge in [0.05, 0.1) is 0 Å². The summed E-state index contributed by atoms with van der Waals surface area (Å²) in [5.74, 6) is 3.99. The van der Waals surface area contributed by atoms with Crippen LogP contribution < -0.4 is 10.1 Å². The van der Waals surface area contributed by atoms with Gasteiger partial charge in [-0.05, 0) is 91.0 Å². The molecule has 0 aliphatic heterocycles. The molecule has 166 valence electrons. The van der Waals surface area contributed by atoms with Crippen LogP contribution in [0.3, 0.4) is 0 Å². The van der Waals surface area contributed by atoms with E-state index in [1.54, 1.807) is 0 Å². The first kappa shape index (κ1) is 20.3. The second-order valence-corrected chi connectivity index (χ2v) is 10.9. The van der Waals surface area contributed by atoms with Crippen molar-refractivity contribution in [1.82, 2.24) is 5.32 Å². The van der Waals surface area contributed by atoms with E-state index < -0.39 is 0 Å². The highest BCUT2D eigenvalue weighted by Gasteiger charge is 2.52. The summed E-state index contributed by atoms with van der Waals surface area (Å²) < 4.78 is 6.37. The van der Waals surface area contributed by atoms with E-state index in [0.29, 0.717) is 18.1 Å². The molecule has 0 spiro atoms. The molecule has 2 nitrogen and oxygen atoms in total. The van der Waals surface area contributed by atoms with Gasteiger partial charge < -0.3 is 10.1 Å². The Hall–Kier alpha value is -2.32. The summed E-state index contributed by atoms with van der Waals surface area (Å²) in [5.41, 5.74) is 3.03. The van der Waals surface area contributed by atoms with Crippen molar-refractivity contribution in [3.05, 3.63) is 77.9 Å². The van der Waals surface area contributed by atoms with Crippen molar-refractivity contribution in [3.63, 3.8) is 0 Å². The first-order valence-electron chi connectivity index (χ1n) is 12.6. The maximum absolute atomic E-state index is 6.37. The van der Waals surface area contributed by atoms with Gasteiger partial charge in [0.15, 0.2) is 0 Å². The topological polar surface area (TPSA) is 21.3 Å². The predicted molar refractivity (Wildman–Crippen MR) is 132 cm³/mol. The summed E-state index contributed by atoms with van der Waals surface area (Å²) in [5, 5.41) is 6.61. The summed E-state index contributed by atoms with van der Waals surface area (Å²) >= 11 is 0. The van der Waals surface area contributed by atoms with E-state index in [9.17, 15) is 0 Å². The molecule has 4 aliphatic carbocycles. The number of hydrogen-bond donors (Lipinski definition) is 1. The largest absolute Gasteiger partial charge is 0.489 e. The highest BCUT2D eigenvalue weighted by atomic mass is 16.5. The molecule has 2 heteroatoms. The minimum absolute atomic E-state index is 0.518. The minimum Gasteiger partial charge on any atom is -0.489 e. The SMILES string of the molecule is C[C@H](NCc1c(OCc2ccccc2)ccc2ccccc12)C12CC3CC(CC(C3)C1)C2. The highest BCUT2D eigenvalue weighted by Crippen LogP contribution is 2.61. The molecule has 3 aromatic carbocycles. The molecule has 4 bridgehead atoms. The number of fused-ring (bicyclic) bond motifs is 1. The molecule has 3 aromatic rings. The van der Waals surface area contributed by atoms with Crippen LogP contribution in [-0.2, 0) is 13.2 Å². The van der Waals surface area contributed by atoms with Gasteiger partial charge in [-0.15, -0.1) is 0 Å². The second kappa shape index (κ2) is 8.23. The van der Waals surface area contributed by atoms with Crippen LogP contribution in [0, 0.1) is 23.2 Å². The van der Waals surface area contributed by atoms with Crippen molar-refractivity contribution in [3.8, 4) is 5.75 Å². The third-order valence-electron chi connectivity index (χ3n) is 8.82. The number of benzene rings is 3. The molecule has 4 aliphatic rings. The lowest BCUT2D eigenvalue weighted by Crippen LogP contribution is -2.54. The first-order valence-corrected chi connectivity index (χ1v) is 12.6. The molecule has 0 amide bonds. The molecule has 0 heterocycles. The van der Waals surface area contributed by atoms with Gasteiger partial charge in [-0.1, -0.05) is 60.7 Å². The number of hydrogen-bond acceptors (Lipinski definition) is 2. The van der Waals surface area contributed by atoms with Crippen LogP contribution in [0.1, 0.15) is 56.6 Å². The van der Waals surface area contributed by atoms with Crippen LogP contribution in [0.25, 0.3) is 10.8 Å². The third-order valence-corrected chi connectivity index (χ3v) is 8.82. The lowest BCUT2D eigenvalue weighted by molar-refractivity contribution is -0.0706. The van der Waals surface area contributed by atoms with Crippen molar-refractivity contribution in [2.24, 2.45) is 23.2 Å². The fourth-order valence-electron chi connectivity index (χ4n) is 7.55. The standard InChI is InChI=1S/C30H35NO/c1-21(30-16-23-13-24(17-30)15-25(14-23)18-30)31-19-28-27-10-6-5-9-26(27)11-12-29(28)32-20-22-7-3-2-4-8-22/h2-12,21,23-25,31H,13-20H2,1H3/t21-,23?,24?,25?,30?/m0/s1. The predicted octanol–water partition coefficient (Wildman–Crippen LogP) is 7.11. The van der Waals surface area contributed by atoms with Gasteiger partial charge in [0.25, 0.3) is 0 Å².